The highest BCUT2D eigenvalue weighted by atomic mass is 16.2. The van der Waals surface area contributed by atoms with Gasteiger partial charge in [0.1, 0.15) is 0 Å². The zero-order valence-electron chi connectivity index (χ0n) is 25.9. The van der Waals surface area contributed by atoms with Crippen LogP contribution in [0.2, 0.25) is 0 Å². The number of pyridine rings is 1. The van der Waals surface area contributed by atoms with Gasteiger partial charge in [0, 0.05) is 66.4 Å². The molecule has 3 N–H and O–H groups in total. The molecule has 3 amide bonds. The number of piperidine rings is 1. The third kappa shape index (κ3) is 9.88. The van der Waals surface area contributed by atoms with E-state index < -0.39 is 0 Å². The number of amides is 3. The Bertz CT molecular complexity index is 1670. The fourth-order valence-electron chi connectivity index (χ4n) is 5.34. The summed E-state index contributed by atoms with van der Waals surface area (Å²) in [5.41, 5.74) is 4.73. The maximum atomic E-state index is 13.3. The molecular weight excluding hydrogens is 574 g/mol. The van der Waals surface area contributed by atoms with E-state index in [-0.39, 0.29) is 24.1 Å². The van der Waals surface area contributed by atoms with Gasteiger partial charge in [-0.25, -0.2) is 4.79 Å². The van der Waals surface area contributed by atoms with Crippen molar-refractivity contribution in [3.8, 4) is 11.8 Å². The average Bonchev–Trinajstić information content (AvgIpc) is 3.09. The Kier molecular flexibility index (Phi) is 11.7. The van der Waals surface area contributed by atoms with Gasteiger partial charge in [0.25, 0.3) is 5.91 Å². The first-order chi connectivity index (χ1) is 22.5. The van der Waals surface area contributed by atoms with Crippen LogP contribution in [0, 0.1) is 11.8 Å². The number of nitrogens with one attached hydrogen (secondary N) is 3. The lowest BCUT2D eigenvalue weighted by Gasteiger charge is -2.26. The van der Waals surface area contributed by atoms with E-state index in [4.69, 9.17) is 0 Å². The van der Waals surface area contributed by atoms with Crippen molar-refractivity contribution >= 4 is 23.4 Å². The van der Waals surface area contributed by atoms with Crippen LogP contribution in [0.5, 0.6) is 0 Å². The van der Waals surface area contributed by atoms with Crippen LogP contribution in [0.1, 0.15) is 62.2 Å². The summed E-state index contributed by atoms with van der Waals surface area (Å²) < 4.78 is 0. The van der Waals surface area contributed by atoms with E-state index in [1.54, 1.807) is 54.9 Å². The number of ketones is 1. The zero-order chi connectivity index (χ0) is 32.0. The van der Waals surface area contributed by atoms with Gasteiger partial charge in [-0.1, -0.05) is 54.7 Å². The summed E-state index contributed by atoms with van der Waals surface area (Å²) in [4.78, 5) is 45.1. The van der Waals surface area contributed by atoms with Crippen LogP contribution in [0.15, 0.2) is 97.3 Å². The van der Waals surface area contributed by atoms with Crippen molar-refractivity contribution in [1.29, 1.82) is 0 Å². The van der Waals surface area contributed by atoms with Gasteiger partial charge in [0.15, 0.2) is 5.78 Å². The summed E-state index contributed by atoms with van der Waals surface area (Å²) in [6, 6.07) is 25.3. The molecule has 1 aliphatic heterocycles. The summed E-state index contributed by atoms with van der Waals surface area (Å²) in [5, 5.41) is 8.71. The Morgan fingerprint density at radius 2 is 1.57 bits per heavy atom. The van der Waals surface area contributed by atoms with Gasteiger partial charge < -0.3 is 20.9 Å². The molecule has 0 bridgehead atoms. The highest BCUT2D eigenvalue weighted by Gasteiger charge is 2.14. The maximum absolute atomic E-state index is 13.3. The van der Waals surface area contributed by atoms with Gasteiger partial charge in [0.2, 0.25) is 0 Å². The summed E-state index contributed by atoms with van der Waals surface area (Å²) in [7, 11) is 0. The lowest BCUT2D eigenvalue weighted by molar-refractivity contribution is 0.0945. The lowest BCUT2D eigenvalue weighted by atomic mass is 9.97. The number of anilines is 1. The van der Waals surface area contributed by atoms with E-state index in [1.807, 2.05) is 42.5 Å². The second kappa shape index (κ2) is 16.7. The number of carbonyl (C=O) groups excluding carboxylic acids is 3. The molecule has 8 nitrogen and oxygen atoms in total. The van der Waals surface area contributed by atoms with E-state index in [2.05, 4.69) is 37.7 Å². The smallest absolute Gasteiger partial charge is 0.319 e. The maximum Gasteiger partial charge on any atom is 0.319 e. The molecule has 1 aromatic heterocycles. The minimum Gasteiger partial charge on any atom is -0.351 e. The largest absolute Gasteiger partial charge is 0.351 e. The summed E-state index contributed by atoms with van der Waals surface area (Å²) in [6.45, 7) is 4.13. The molecule has 234 valence electrons. The molecule has 0 atom stereocenters. The van der Waals surface area contributed by atoms with Crippen molar-refractivity contribution in [3.63, 3.8) is 0 Å². The highest BCUT2D eigenvalue weighted by Crippen LogP contribution is 2.18. The number of rotatable bonds is 11. The molecule has 2 heterocycles. The number of carbonyl (C=O) groups is 3. The van der Waals surface area contributed by atoms with E-state index in [0.29, 0.717) is 47.5 Å². The Hall–Kier alpha value is -5.26. The summed E-state index contributed by atoms with van der Waals surface area (Å²) >= 11 is 0. The van der Waals surface area contributed by atoms with Crippen molar-refractivity contribution in [2.45, 2.75) is 32.1 Å². The van der Waals surface area contributed by atoms with Gasteiger partial charge in [-0.15, -0.1) is 0 Å². The first-order valence-electron chi connectivity index (χ1n) is 15.8. The topological polar surface area (TPSA) is 103 Å². The van der Waals surface area contributed by atoms with Crippen molar-refractivity contribution < 1.29 is 14.4 Å². The summed E-state index contributed by atoms with van der Waals surface area (Å²) in [5.74, 6) is 6.09. The lowest BCUT2D eigenvalue weighted by Crippen LogP contribution is -2.37. The standard InChI is InChI=1S/C38H39N5O3/c44-36(26-30-8-3-1-4-9-30)35-18-17-34(42-38(46)41-21-19-31-10-7-20-39-28-31)27-33(35)16-13-29-11-14-32(15-12-29)37(45)40-22-25-43-23-5-2-6-24-43/h1,3-4,7-12,14-15,17-18,20,27-28H,2,5-6,19,21-26H2,(H,40,45)(H2,41,42,46). The number of benzene rings is 3. The molecule has 0 spiro atoms. The van der Waals surface area contributed by atoms with Crippen molar-refractivity contribution in [2.24, 2.45) is 0 Å². The number of urea groups is 1. The van der Waals surface area contributed by atoms with Crippen LogP contribution in [-0.2, 0) is 12.8 Å². The Labute approximate surface area is 270 Å². The number of aromatic nitrogens is 1. The monoisotopic (exact) mass is 613 g/mol. The molecule has 1 saturated heterocycles. The van der Waals surface area contributed by atoms with E-state index >= 15 is 0 Å². The van der Waals surface area contributed by atoms with Crippen LogP contribution in [-0.4, -0.2) is 60.3 Å². The molecule has 0 aliphatic carbocycles. The van der Waals surface area contributed by atoms with Crippen molar-refractivity contribution in [3.05, 3.63) is 131 Å². The first-order valence-corrected chi connectivity index (χ1v) is 15.8. The Balaban J connectivity index is 1.25. The zero-order valence-corrected chi connectivity index (χ0v) is 25.9. The van der Waals surface area contributed by atoms with Crippen LogP contribution in [0.4, 0.5) is 10.5 Å². The second-order valence-electron chi connectivity index (χ2n) is 11.3. The molecule has 46 heavy (non-hydrogen) atoms. The molecule has 3 aromatic carbocycles. The van der Waals surface area contributed by atoms with Crippen molar-refractivity contribution in [2.75, 3.05) is 38.0 Å². The van der Waals surface area contributed by atoms with Crippen LogP contribution < -0.4 is 16.0 Å². The van der Waals surface area contributed by atoms with Crippen LogP contribution in [0.25, 0.3) is 0 Å². The van der Waals surface area contributed by atoms with Crippen LogP contribution in [0.3, 0.4) is 0 Å². The minimum atomic E-state index is -0.351. The SMILES string of the molecule is O=C(NCCc1cccnc1)Nc1ccc(C(=O)Cc2ccccc2)c(C#Cc2ccc(C(=O)NCCN3CCCCC3)cc2)c1. The normalized spacial score (nSPS) is 12.8. The molecule has 1 aliphatic rings. The molecule has 0 saturated carbocycles. The summed E-state index contributed by atoms with van der Waals surface area (Å²) in [6.07, 6.45) is 8.12. The molecule has 0 unspecified atom stereocenters. The third-order valence-corrected chi connectivity index (χ3v) is 7.86. The van der Waals surface area contributed by atoms with Crippen LogP contribution >= 0.6 is 0 Å². The minimum absolute atomic E-state index is 0.0699. The number of likely N-dealkylation sites (tertiary alicyclic amines) is 1. The molecular formula is C38H39N5O3. The molecule has 5 rings (SSSR count). The Morgan fingerprint density at radius 1 is 0.783 bits per heavy atom. The number of hydrogen-bond acceptors (Lipinski definition) is 5. The third-order valence-electron chi connectivity index (χ3n) is 7.86. The highest BCUT2D eigenvalue weighted by molar-refractivity contribution is 6.01. The number of Topliss-reactive ketones (excluding diaryl/α,β-unsaturated/α-hetero) is 1. The Morgan fingerprint density at radius 3 is 2.33 bits per heavy atom. The van der Waals surface area contributed by atoms with Gasteiger partial charge in [-0.2, -0.15) is 0 Å². The molecule has 1 fully saturated rings. The quantitative estimate of drug-likeness (QED) is 0.153. The molecule has 8 heteroatoms. The van der Waals surface area contributed by atoms with E-state index in [0.717, 1.165) is 30.8 Å². The second-order valence-corrected chi connectivity index (χ2v) is 11.3. The average molecular weight is 614 g/mol. The van der Waals surface area contributed by atoms with E-state index in [1.165, 1.54) is 19.3 Å². The fourth-order valence-corrected chi connectivity index (χ4v) is 5.34. The first kappa shape index (κ1) is 32.1. The van der Waals surface area contributed by atoms with Gasteiger partial charge in [-0.3, -0.25) is 14.6 Å². The molecule has 0 radical (unpaired) electrons. The number of hydrogen-bond donors (Lipinski definition) is 3. The van der Waals surface area contributed by atoms with Gasteiger partial charge >= 0.3 is 6.03 Å². The van der Waals surface area contributed by atoms with Gasteiger partial charge in [-0.05, 0) is 92.0 Å². The number of nitrogens with zero attached hydrogens (tertiary/aromatic N) is 2. The van der Waals surface area contributed by atoms with E-state index in [9.17, 15) is 14.4 Å². The molecule has 4 aromatic rings. The fraction of sp³-hybridized carbons (Fsp3) is 0.263. The van der Waals surface area contributed by atoms with Gasteiger partial charge in [0.05, 0.1) is 0 Å². The predicted molar refractivity (Wildman–Crippen MR) is 181 cm³/mol. The van der Waals surface area contributed by atoms with Crippen molar-refractivity contribution in [1.82, 2.24) is 20.5 Å². The predicted octanol–water partition coefficient (Wildman–Crippen LogP) is 5.49.